The van der Waals surface area contributed by atoms with Crippen LogP contribution < -0.4 is 14.2 Å². The molecule has 0 saturated heterocycles. The fourth-order valence-electron chi connectivity index (χ4n) is 2.27. The molecule has 0 aliphatic carbocycles. The fraction of sp³-hybridized carbons (Fsp3) is 0.0769. The summed E-state index contributed by atoms with van der Waals surface area (Å²) in [4.78, 5) is 3.43. The van der Waals surface area contributed by atoms with Gasteiger partial charge in [-0.1, -0.05) is 0 Å². The summed E-state index contributed by atoms with van der Waals surface area (Å²) >= 11 is 0. The van der Waals surface area contributed by atoms with Gasteiger partial charge in [0.1, 0.15) is 11.5 Å². The Morgan fingerprint density at radius 3 is 3.04 bits per heavy atom. The zero-order valence-electron chi connectivity index (χ0n) is 11.4. The van der Waals surface area contributed by atoms with E-state index in [4.69, 9.17) is 9.47 Å². The normalized spacial score (nSPS) is 13.4. The van der Waals surface area contributed by atoms with Crippen molar-refractivity contribution < 1.29 is 22.3 Å². The SMILES string of the molecule is O=S(=O)(Nc1cnn2cccnc12)c1c(F)ccc2c1OCO2. The number of halogens is 1. The average Bonchev–Trinajstić information content (AvgIpc) is 3.14. The molecule has 0 atom stereocenters. The summed E-state index contributed by atoms with van der Waals surface area (Å²) in [7, 11) is -4.25. The Morgan fingerprint density at radius 2 is 2.17 bits per heavy atom. The van der Waals surface area contributed by atoms with Crippen LogP contribution in [0, 0.1) is 5.82 Å². The van der Waals surface area contributed by atoms with Gasteiger partial charge in [-0.2, -0.15) is 5.10 Å². The summed E-state index contributed by atoms with van der Waals surface area (Å²) in [6.07, 6.45) is 4.39. The number of rotatable bonds is 3. The summed E-state index contributed by atoms with van der Waals surface area (Å²) < 4.78 is 53.1. The highest BCUT2D eigenvalue weighted by Crippen LogP contribution is 2.40. The Bertz CT molecular complexity index is 1020. The van der Waals surface area contributed by atoms with Crippen LogP contribution in [0.4, 0.5) is 10.1 Å². The second-order valence-electron chi connectivity index (χ2n) is 4.66. The Morgan fingerprint density at radius 1 is 1.30 bits per heavy atom. The van der Waals surface area contributed by atoms with Crippen LogP contribution >= 0.6 is 0 Å². The van der Waals surface area contributed by atoms with Gasteiger partial charge in [0, 0.05) is 12.4 Å². The largest absolute Gasteiger partial charge is 0.454 e. The number of nitrogens with zero attached hydrogens (tertiary/aromatic N) is 3. The quantitative estimate of drug-likeness (QED) is 0.777. The zero-order chi connectivity index (χ0) is 16.0. The fourth-order valence-corrected chi connectivity index (χ4v) is 3.53. The van der Waals surface area contributed by atoms with E-state index in [1.807, 2.05) is 0 Å². The third-order valence-electron chi connectivity index (χ3n) is 3.24. The van der Waals surface area contributed by atoms with Gasteiger partial charge in [0.25, 0.3) is 10.0 Å². The van der Waals surface area contributed by atoms with Crippen molar-refractivity contribution in [2.24, 2.45) is 0 Å². The minimum Gasteiger partial charge on any atom is -0.454 e. The van der Waals surface area contributed by atoms with Crippen molar-refractivity contribution in [2.45, 2.75) is 4.90 Å². The van der Waals surface area contributed by atoms with Crippen molar-refractivity contribution in [1.29, 1.82) is 0 Å². The first kappa shape index (κ1) is 13.8. The van der Waals surface area contributed by atoms with Crippen molar-refractivity contribution in [3.8, 4) is 11.5 Å². The van der Waals surface area contributed by atoms with Crippen LogP contribution in [0.25, 0.3) is 5.65 Å². The Kier molecular flexibility index (Phi) is 2.88. The standard InChI is InChI=1S/C13H9FN4O4S/c14-8-2-3-10-11(22-7-21-10)12(8)23(19,20)17-9-6-16-18-5-1-4-15-13(9)18/h1-6,17H,7H2. The van der Waals surface area contributed by atoms with E-state index in [0.29, 0.717) is 5.65 Å². The molecule has 0 fully saturated rings. The molecule has 1 aromatic carbocycles. The molecule has 2 aromatic heterocycles. The Hall–Kier alpha value is -2.88. The third-order valence-corrected chi connectivity index (χ3v) is 4.64. The zero-order valence-corrected chi connectivity index (χ0v) is 12.2. The van der Waals surface area contributed by atoms with E-state index in [9.17, 15) is 12.8 Å². The lowest BCUT2D eigenvalue weighted by Gasteiger charge is -2.09. The number of anilines is 1. The molecule has 0 spiro atoms. The van der Waals surface area contributed by atoms with E-state index in [1.54, 1.807) is 12.3 Å². The second-order valence-corrected chi connectivity index (χ2v) is 6.28. The molecule has 4 rings (SSSR count). The Balaban J connectivity index is 1.82. The maximum Gasteiger partial charge on any atom is 0.268 e. The van der Waals surface area contributed by atoms with Gasteiger partial charge >= 0.3 is 0 Å². The average molecular weight is 336 g/mol. The molecule has 0 bridgehead atoms. The number of hydrogen-bond acceptors (Lipinski definition) is 6. The maximum atomic E-state index is 14.1. The summed E-state index contributed by atoms with van der Waals surface area (Å²) in [5, 5.41) is 3.97. The molecule has 3 heterocycles. The van der Waals surface area contributed by atoms with Crippen LogP contribution in [0.3, 0.4) is 0 Å². The van der Waals surface area contributed by atoms with E-state index in [-0.39, 0.29) is 24.0 Å². The van der Waals surface area contributed by atoms with Gasteiger partial charge in [-0.05, 0) is 18.2 Å². The second kappa shape index (κ2) is 4.81. The lowest BCUT2D eigenvalue weighted by Crippen LogP contribution is -2.15. The maximum absolute atomic E-state index is 14.1. The highest BCUT2D eigenvalue weighted by Gasteiger charge is 2.31. The molecule has 1 N–H and O–H groups in total. The van der Waals surface area contributed by atoms with E-state index in [2.05, 4.69) is 14.8 Å². The summed E-state index contributed by atoms with van der Waals surface area (Å²) in [5.41, 5.74) is 0.419. The van der Waals surface area contributed by atoms with Crippen molar-refractivity contribution in [3.63, 3.8) is 0 Å². The van der Waals surface area contributed by atoms with Crippen LogP contribution in [0.2, 0.25) is 0 Å². The van der Waals surface area contributed by atoms with E-state index in [1.165, 1.54) is 23.0 Å². The molecule has 10 heteroatoms. The third kappa shape index (κ3) is 2.14. The summed E-state index contributed by atoms with van der Waals surface area (Å²) in [5.74, 6) is -0.919. The predicted molar refractivity (Wildman–Crippen MR) is 76.3 cm³/mol. The van der Waals surface area contributed by atoms with Crippen LogP contribution in [0.5, 0.6) is 11.5 Å². The topological polar surface area (TPSA) is 94.8 Å². The lowest BCUT2D eigenvalue weighted by atomic mass is 10.3. The van der Waals surface area contributed by atoms with Crippen LogP contribution in [0.1, 0.15) is 0 Å². The first-order valence-electron chi connectivity index (χ1n) is 6.45. The highest BCUT2D eigenvalue weighted by atomic mass is 32.2. The van der Waals surface area contributed by atoms with Gasteiger partial charge < -0.3 is 9.47 Å². The molecule has 1 aliphatic rings. The number of fused-ring (bicyclic) bond motifs is 2. The lowest BCUT2D eigenvalue weighted by molar-refractivity contribution is 0.171. The molecule has 0 saturated carbocycles. The van der Waals surface area contributed by atoms with Gasteiger partial charge in [-0.3, -0.25) is 4.72 Å². The van der Waals surface area contributed by atoms with E-state index in [0.717, 1.165) is 6.07 Å². The molecule has 1 aliphatic heterocycles. The van der Waals surface area contributed by atoms with E-state index >= 15 is 0 Å². The number of ether oxygens (including phenoxy) is 2. The molecular weight excluding hydrogens is 327 g/mol. The number of aromatic nitrogens is 3. The molecule has 118 valence electrons. The van der Waals surface area contributed by atoms with Crippen molar-refractivity contribution in [2.75, 3.05) is 11.5 Å². The van der Waals surface area contributed by atoms with Crippen molar-refractivity contribution in [1.82, 2.24) is 14.6 Å². The number of nitrogens with one attached hydrogen (secondary N) is 1. The van der Waals surface area contributed by atoms with Gasteiger partial charge in [0.2, 0.25) is 6.79 Å². The summed E-state index contributed by atoms with van der Waals surface area (Å²) in [6, 6.07) is 3.97. The molecular formula is C13H9FN4O4S. The van der Waals surface area contributed by atoms with Gasteiger partial charge in [0.15, 0.2) is 22.0 Å². The van der Waals surface area contributed by atoms with Gasteiger partial charge in [-0.15, -0.1) is 0 Å². The first-order valence-corrected chi connectivity index (χ1v) is 7.94. The minimum absolute atomic E-state index is 0.126. The number of benzene rings is 1. The number of hydrogen-bond donors (Lipinski definition) is 1. The molecule has 8 nitrogen and oxygen atoms in total. The van der Waals surface area contributed by atoms with Gasteiger partial charge in [-0.25, -0.2) is 22.3 Å². The Labute approximate surface area is 129 Å². The smallest absolute Gasteiger partial charge is 0.268 e. The molecule has 0 amide bonds. The number of sulfonamides is 1. The molecule has 23 heavy (non-hydrogen) atoms. The minimum atomic E-state index is -4.25. The molecule has 0 unspecified atom stereocenters. The van der Waals surface area contributed by atoms with Crippen molar-refractivity contribution >= 4 is 21.4 Å². The van der Waals surface area contributed by atoms with E-state index < -0.39 is 20.7 Å². The van der Waals surface area contributed by atoms with Crippen LogP contribution in [-0.2, 0) is 10.0 Å². The highest BCUT2D eigenvalue weighted by molar-refractivity contribution is 7.92. The first-order chi connectivity index (χ1) is 11.1. The summed E-state index contributed by atoms with van der Waals surface area (Å²) in [6.45, 7) is -0.167. The van der Waals surface area contributed by atoms with Crippen LogP contribution in [0.15, 0.2) is 41.7 Å². The van der Waals surface area contributed by atoms with Crippen molar-refractivity contribution in [3.05, 3.63) is 42.6 Å². The van der Waals surface area contributed by atoms with Gasteiger partial charge in [0.05, 0.1) is 6.20 Å². The molecule has 0 radical (unpaired) electrons. The monoisotopic (exact) mass is 336 g/mol. The predicted octanol–water partition coefficient (Wildman–Crippen LogP) is 1.40. The molecule has 3 aromatic rings. The van der Waals surface area contributed by atoms with Crippen LogP contribution in [-0.4, -0.2) is 29.8 Å².